The Morgan fingerprint density at radius 2 is 1.97 bits per heavy atom. The number of nitrogens with one attached hydrogen (secondary N) is 2. The van der Waals surface area contributed by atoms with Crippen LogP contribution >= 0.6 is 0 Å². The molecular formula is C20H33N3O8SSi. The Morgan fingerprint density at radius 1 is 1.30 bits per heavy atom. The molecule has 11 nitrogen and oxygen atoms in total. The average Bonchev–Trinajstić information content (AvgIpc) is 3.18. The van der Waals surface area contributed by atoms with Crippen LogP contribution in [0.2, 0.25) is 18.1 Å². The van der Waals surface area contributed by atoms with Gasteiger partial charge in [-0.1, -0.05) is 20.8 Å². The number of aryl methyl sites for hydroxylation is 1. The van der Waals surface area contributed by atoms with Gasteiger partial charge >= 0.3 is 5.69 Å². The van der Waals surface area contributed by atoms with Crippen LogP contribution in [0.15, 0.2) is 15.8 Å². The number of aromatic amines is 1. The van der Waals surface area contributed by atoms with E-state index in [0.717, 1.165) is 0 Å². The molecular weight excluding hydrogens is 470 g/mol. The molecule has 33 heavy (non-hydrogen) atoms. The summed E-state index contributed by atoms with van der Waals surface area (Å²) in [5.41, 5.74) is -3.79. The molecule has 3 saturated heterocycles. The molecule has 0 radical (unpaired) electrons. The van der Waals surface area contributed by atoms with Crippen molar-refractivity contribution in [3.63, 3.8) is 0 Å². The summed E-state index contributed by atoms with van der Waals surface area (Å²) in [5, 5.41) is 2.96. The zero-order valence-corrected chi connectivity index (χ0v) is 21.9. The van der Waals surface area contributed by atoms with Crippen LogP contribution in [0, 0.1) is 6.92 Å². The predicted octanol–water partition coefficient (Wildman–Crippen LogP) is 0.568. The van der Waals surface area contributed by atoms with Gasteiger partial charge in [0.15, 0.2) is 25.9 Å². The Labute approximate surface area is 194 Å². The van der Waals surface area contributed by atoms with E-state index in [1.54, 1.807) is 13.8 Å². The van der Waals surface area contributed by atoms with Crippen LogP contribution in [0.25, 0.3) is 0 Å². The van der Waals surface area contributed by atoms with E-state index < -0.39 is 65.2 Å². The molecule has 13 heteroatoms. The van der Waals surface area contributed by atoms with Gasteiger partial charge in [-0.15, -0.1) is 0 Å². The van der Waals surface area contributed by atoms with Gasteiger partial charge in [-0.3, -0.25) is 23.8 Å². The summed E-state index contributed by atoms with van der Waals surface area (Å²) in [4.78, 5) is 27.1. The molecule has 0 aromatic carbocycles. The second-order valence-corrected chi connectivity index (χ2v) is 16.8. The van der Waals surface area contributed by atoms with Gasteiger partial charge in [0.2, 0.25) is 0 Å². The fourth-order valence-electron chi connectivity index (χ4n) is 4.72. The largest absolute Gasteiger partial charge is 0.406 e. The van der Waals surface area contributed by atoms with Gasteiger partial charge in [0.1, 0.15) is 18.0 Å². The maximum atomic E-state index is 12.8. The maximum absolute atomic E-state index is 12.8. The van der Waals surface area contributed by atoms with E-state index in [4.69, 9.17) is 18.1 Å². The van der Waals surface area contributed by atoms with Crippen LogP contribution in [0.5, 0.6) is 0 Å². The van der Waals surface area contributed by atoms with Crippen molar-refractivity contribution < 1.29 is 26.5 Å². The number of ether oxygens (including phenoxy) is 2. The molecule has 1 aromatic rings. The SMILES string of the molecule is CCOC12CS(=O)(=O)O[C@@]13[C@@H](CN2)O[C@@H](n1cc(C)c(=O)[nH]c1=O)[C@@H]3O[Si](C)(C)C(C)(C)C. The van der Waals surface area contributed by atoms with E-state index in [9.17, 15) is 18.0 Å². The molecule has 4 rings (SSSR count). The molecule has 4 heterocycles. The molecule has 2 N–H and O–H groups in total. The number of hydrogen-bond donors (Lipinski definition) is 2. The maximum Gasteiger partial charge on any atom is 0.330 e. The van der Waals surface area contributed by atoms with Gasteiger partial charge in [0, 0.05) is 24.9 Å². The number of rotatable bonds is 5. The van der Waals surface area contributed by atoms with Crippen molar-refractivity contribution in [2.45, 2.75) is 82.5 Å². The summed E-state index contributed by atoms with van der Waals surface area (Å²) >= 11 is 0. The smallest absolute Gasteiger partial charge is 0.330 e. The van der Waals surface area contributed by atoms with Gasteiger partial charge in [-0.2, -0.15) is 8.42 Å². The molecule has 1 unspecified atom stereocenters. The van der Waals surface area contributed by atoms with Crippen LogP contribution in [-0.2, 0) is 28.2 Å². The third-order valence-electron chi connectivity index (χ3n) is 7.35. The minimum atomic E-state index is -3.98. The van der Waals surface area contributed by atoms with Crippen LogP contribution in [0.3, 0.4) is 0 Å². The van der Waals surface area contributed by atoms with Crippen molar-refractivity contribution in [1.29, 1.82) is 0 Å². The Kier molecular flexibility index (Phi) is 5.68. The van der Waals surface area contributed by atoms with E-state index in [2.05, 4.69) is 31.1 Å². The normalized spacial score (nSPS) is 35.5. The highest BCUT2D eigenvalue weighted by molar-refractivity contribution is 7.87. The number of aromatic nitrogens is 2. The zero-order chi connectivity index (χ0) is 24.6. The summed E-state index contributed by atoms with van der Waals surface area (Å²) in [7, 11) is -6.52. The Hall–Kier alpha value is -1.35. The minimum absolute atomic E-state index is 0.226. The van der Waals surface area contributed by atoms with Gasteiger partial charge in [-0.25, -0.2) is 4.79 Å². The number of hydrogen-bond acceptors (Lipinski definition) is 9. The lowest BCUT2D eigenvalue weighted by atomic mass is 9.85. The Morgan fingerprint density at radius 3 is 2.58 bits per heavy atom. The molecule has 0 saturated carbocycles. The molecule has 1 spiro atoms. The van der Waals surface area contributed by atoms with Crippen molar-refractivity contribution in [3.8, 4) is 0 Å². The fraction of sp³-hybridized carbons (Fsp3) is 0.800. The molecule has 0 bridgehead atoms. The predicted molar refractivity (Wildman–Crippen MR) is 122 cm³/mol. The first-order chi connectivity index (χ1) is 15.1. The molecule has 0 aliphatic carbocycles. The average molecular weight is 504 g/mol. The van der Waals surface area contributed by atoms with Crippen molar-refractivity contribution in [2.75, 3.05) is 18.9 Å². The van der Waals surface area contributed by atoms with Crippen molar-refractivity contribution >= 4 is 18.4 Å². The first-order valence-electron chi connectivity index (χ1n) is 11.1. The van der Waals surface area contributed by atoms with E-state index in [1.807, 2.05) is 13.1 Å². The van der Waals surface area contributed by atoms with Crippen molar-refractivity contribution in [2.24, 2.45) is 0 Å². The topological polar surface area (TPSA) is 138 Å². The van der Waals surface area contributed by atoms with E-state index in [0.29, 0.717) is 5.56 Å². The van der Waals surface area contributed by atoms with Crippen molar-refractivity contribution in [1.82, 2.24) is 14.9 Å². The van der Waals surface area contributed by atoms with Gasteiger partial charge < -0.3 is 13.9 Å². The minimum Gasteiger partial charge on any atom is -0.406 e. The third-order valence-corrected chi connectivity index (χ3v) is 13.1. The van der Waals surface area contributed by atoms with Crippen LogP contribution < -0.4 is 16.6 Å². The summed E-state index contributed by atoms with van der Waals surface area (Å²) in [6.45, 7) is 14.1. The second-order valence-electron chi connectivity index (χ2n) is 10.5. The number of H-pyrrole nitrogens is 1. The van der Waals surface area contributed by atoms with Crippen molar-refractivity contribution in [3.05, 3.63) is 32.6 Å². The molecule has 0 amide bonds. The van der Waals surface area contributed by atoms with E-state index in [1.165, 1.54) is 10.8 Å². The molecule has 186 valence electrons. The number of nitrogens with zero attached hydrogens (tertiary/aromatic N) is 1. The summed E-state index contributed by atoms with van der Waals surface area (Å²) in [5.74, 6) is -0.405. The first-order valence-corrected chi connectivity index (χ1v) is 15.6. The highest BCUT2D eigenvalue weighted by Gasteiger charge is 2.80. The molecule has 3 aliphatic rings. The lowest BCUT2D eigenvalue weighted by Crippen LogP contribution is -2.66. The lowest BCUT2D eigenvalue weighted by molar-refractivity contribution is -0.166. The zero-order valence-electron chi connectivity index (χ0n) is 20.1. The van der Waals surface area contributed by atoms with Gasteiger partial charge in [-0.05, 0) is 32.0 Å². The summed E-state index contributed by atoms with van der Waals surface area (Å²) < 4.78 is 51.8. The third kappa shape index (κ3) is 3.59. The lowest BCUT2D eigenvalue weighted by Gasteiger charge is -2.45. The highest BCUT2D eigenvalue weighted by atomic mass is 32.2. The first kappa shape index (κ1) is 24.8. The summed E-state index contributed by atoms with van der Waals surface area (Å²) in [6.07, 6.45) is -1.38. The van der Waals surface area contributed by atoms with Crippen LogP contribution in [0.1, 0.15) is 39.5 Å². The Balaban J connectivity index is 1.93. The standard InChI is InChI=1S/C20H33N3O8SSi/c1-8-28-19-11-32(26,27)31-20(19)13(9-21-19)29-16(14(20)30-33(6,7)18(3,4)5)23-10-12(2)15(24)22-17(23)25/h10,13-14,16,21H,8-9,11H2,1-7H3,(H,22,24,25)/t13-,14+,16-,19?,20-/m1/s1. The molecule has 3 aliphatic heterocycles. The van der Waals surface area contributed by atoms with E-state index >= 15 is 0 Å². The summed E-state index contributed by atoms with van der Waals surface area (Å²) in [6, 6.07) is 0. The molecule has 1 aromatic heterocycles. The fourth-order valence-corrected chi connectivity index (χ4v) is 7.72. The van der Waals surface area contributed by atoms with Crippen LogP contribution in [-0.4, -0.2) is 68.7 Å². The van der Waals surface area contributed by atoms with Gasteiger partial charge in [0.05, 0.1) is 0 Å². The van der Waals surface area contributed by atoms with E-state index in [-0.39, 0.29) is 18.2 Å². The second kappa shape index (κ2) is 7.57. The quantitative estimate of drug-likeness (QED) is 0.436. The monoisotopic (exact) mass is 503 g/mol. The molecule has 5 atom stereocenters. The molecule has 3 fully saturated rings. The highest BCUT2D eigenvalue weighted by Crippen LogP contribution is 2.57. The Bertz CT molecular complexity index is 1170. The van der Waals surface area contributed by atoms with Crippen LogP contribution in [0.4, 0.5) is 0 Å². The van der Waals surface area contributed by atoms with Gasteiger partial charge in [0.25, 0.3) is 15.7 Å².